The van der Waals surface area contributed by atoms with E-state index >= 15 is 0 Å². The van der Waals surface area contributed by atoms with Crippen LogP contribution in [0.5, 0.6) is 0 Å². The molecule has 2 atom stereocenters. The first kappa shape index (κ1) is 27.6. The maximum atomic E-state index is 12.7. The Kier molecular flexibility index (Phi) is 11.1. The van der Waals surface area contributed by atoms with E-state index in [1.165, 1.54) is 0 Å². The Bertz CT molecular complexity index is 752. The number of amides is 1. The molecule has 186 valence electrons. The number of halogens is 1. The van der Waals surface area contributed by atoms with E-state index in [2.05, 4.69) is 51.3 Å². The highest BCUT2D eigenvalue weighted by atomic mass is 127. The van der Waals surface area contributed by atoms with Gasteiger partial charge < -0.3 is 25.2 Å². The predicted octanol–water partition coefficient (Wildman–Crippen LogP) is 2.28. The van der Waals surface area contributed by atoms with E-state index in [4.69, 9.17) is 4.74 Å². The Hall–Kier alpha value is -1.69. The smallest absolute Gasteiger partial charge is 0.225 e. The first-order valence-corrected chi connectivity index (χ1v) is 12.0. The molecule has 1 saturated heterocycles. The second-order valence-corrected chi connectivity index (χ2v) is 8.48. The minimum absolute atomic E-state index is 0. The minimum atomic E-state index is 0. The van der Waals surface area contributed by atoms with Gasteiger partial charge in [0.1, 0.15) is 0 Å². The van der Waals surface area contributed by atoms with Crippen molar-refractivity contribution in [3.8, 4) is 0 Å². The van der Waals surface area contributed by atoms with Gasteiger partial charge in [-0.3, -0.25) is 9.79 Å². The molecule has 0 spiro atoms. The predicted molar refractivity (Wildman–Crippen MR) is 142 cm³/mol. The molecule has 1 aliphatic carbocycles. The Balaban J connectivity index is 0.00000385. The lowest BCUT2D eigenvalue weighted by Gasteiger charge is -2.55. The summed E-state index contributed by atoms with van der Waals surface area (Å²) < 4.78 is 5.97. The Labute approximate surface area is 215 Å². The van der Waals surface area contributed by atoms with Gasteiger partial charge in [-0.05, 0) is 32.3 Å². The highest BCUT2D eigenvalue weighted by Crippen LogP contribution is 2.48. The maximum absolute atomic E-state index is 12.7. The molecule has 9 nitrogen and oxygen atoms in total. The maximum Gasteiger partial charge on any atom is 0.225 e. The molecule has 1 saturated carbocycles. The molecule has 1 amide bonds. The van der Waals surface area contributed by atoms with Crippen LogP contribution >= 0.6 is 24.0 Å². The van der Waals surface area contributed by atoms with Crippen LogP contribution in [-0.4, -0.2) is 85.3 Å². The fourth-order valence-corrected chi connectivity index (χ4v) is 5.00. The van der Waals surface area contributed by atoms with Gasteiger partial charge >= 0.3 is 0 Å². The normalized spacial score (nSPS) is 22.2. The van der Waals surface area contributed by atoms with E-state index in [-0.39, 0.29) is 35.3 Å². The van der Waals surface area contributed by atoms with Crippen molar-refractivity contribution in [2.75, 3.05) is 51.3 Å². The number of rotatable bonds is 9. The average Bonchev–Trinajstić information content (AvgIpc) is 2.83. The number of aromatic nitrogens is 2. The van der Waals surface area contributed by atoms with Gasteiger partial charge in [-0.15, -0.1) is 24.0 Å². The fraction of sp³-hybridized carbons (Fsp3) is 0.739. The number of hydrogen-bond acceptors (Lipinski definition) is 6. The standard InChI is InChI=1S/C23H39N7O2.HI/c1-5-23(6-2)18(17-19(23)32-7-3)28-21(24-4)25-12-9-20(31)29-13-15-30(16-14-29)22-26-10-8-11-27-22;/h8,10-11,18-19H,5-7,9,12-17H2,1-4H3,(H2,24,25,28);1H. The molecule has 2 N–H and O–H groups in total. The fourth-order valence-electron chi connectivity index (χ4n) is 5.00. The van der Waals surface area contributed by atoms with Gasteiger partial charge in [-0.25, -0.2) is 9.97 Å². The van der Waals surface area contributed by atoms with Crippen LogP contribution in [0, 0.1) is 5.41 Å². The van der Waals surface area contributed by atoms with Crippen LogP contribution in [0.3, 0.4) is 0 Å². The summed E-state index contributed by atoms with van der Waals surface area (Å²) in [5.41, 5.74) is 0.144. The molecule has 2 unspecified atom stereocenters. The SMILES string of the molecule is CCOC1CC(NC(=NC)NCCC(=O)N2CCN(c3ncccn3)CC2)C1(CC)CC.I. The highest BCUT2D eigenvalue weighted by Gasteiger charge is 2.53. The van der Waals surface area contributed by atoms with Crippen LogP contribution in [0.15, 0.2) is 23.5 Å². The van der Waals surface area contributed by atoms with E-state index in [9.17, 15) is 4.79 Å². The summed E-state index contributed by atoms with van der Waals surface area (Å²) in [7, 11) is 1.78. The molecule has 2 fully saturated rings. The number of ether oxygens (including phenoxy) is 1. The molecule has 33 heavy (non-hydrogen) atoms. The van der Waals surface area contributed by atoms with Gasteiger partial charge in [0.2, 0.25) is 11.9 Å². The number of carbonyl (C=O) groups excluding carboxylic acids is 1. The summed E-state index contributed by atoms with van der Waals surface area (Å²) in [6, 6.07) is 2.15. The summed E-state index contributed by atoms with van der Waals surface area (Å²) in [5, 5.41) is 6.90. The first-order chi connectivity index (χ1) is 15.6. The molecule has 0 bridgehead atoms. The Morgan fingerprint density at radius 1 is 1.18 bits per heavy atom. The third-order valence-corrected chi connectivity index (χ3v) is 7.10. The summed E-state index contributed by atoms with van der Waals surface area (Å²) in [4.78, 5) is 29.7. The number of piperazine rings is 1. The number of guanidine groups is 1. The number of aliphatic imine (C=N–C) groups is 1. The number of hydrogen-bond donors (Lipinski definition) is 2. The van der Waals surface area contributed by atoms with Gasteiger partial charge in [0.25, 0.3) is 0 Å². The van der Waals surface area contributed by atoms with Crippen LogP contribution in [0.2, 0.25) is 0 Å². The van der Waals surface area contributed by atoms with Crippen molar-refractivity contribution >= 4 is 41.8 Å². The number of carbonyl (C=O) groups is 1. The van der Waals surface area contributed by atoms with E-state index in [0.717, 1.165) is 50.9 Å². The number of anilines is 1. The van der Waals surface area contributed by atoms with E-state index < -0.39 is 0 Å². The van der Waals surface area contributed by atoms with Crippen molar-refractivity contribution in [1.82, 2.24) is 25.5 Å². The largest absolute Gasteiger partial charge is 0.378 e. The van der Waals surface area contributed by atoms with Crippen molar-refractivity contribution in [2.24, 2.45) is 10.4 Å². The van der Waals surface area contributed by atoms with Crippen molar-refractivity contribution in [3.63, 3.8) is 0 Å². The van der Waals surface area contributed by atoms with E-state index in [1.807, 2.05) is 11.0 Å². The molecule has 0 radical (unpaired) electrons. The van der Waals surface area contributed by atoms with Crippen LogP contribution in [0.4, 0.5) is 5.95 Å². The molecular formula is C23H40IN7O2. The lowest BCUT2D eigenvalue weighted by Crippen LogP contribution is -2.65. The second kappa shape index (κ2) is 13.3. The van der Waals surface area contributed by atoms with Gasteiger partial charge in [0.05, 0.1) is 6.10 Å². The number of nitrogens with zero attached hydrogens (tertiary/aromatic N) is 5. The van der Waals surface area contributed by atoms with Gasteiger partial charge in [0, 0.05) is 76.6 Å². The van der Waals surface area contributed by atoms with Crippen molar-refractivity contribution in [2.45, 2.75) is 58.6 Å². The van der Waals surface area contributed by atoms with Gasteiger partial charge in [-0.2, -0.15) is 0 Å². The summed E-state index contributed by atoms with van der Waals surface area (Å²) in [6.45, 7) is 10.7. The lowest BCUT2D eigenvalue weighted by molar-refractivity contribution is -0.133. The monoisotopic (exact) mass is 573 g/mol. The van der Waals surface area contributed by atoms with Crippen LogP contribution in [-0.2, 0) is 9.53 Å². The van der Waals surface area contributed by atoms with Crippen LogP contribution in [0.1, 0.15) is 46.5 Å². The van der Waals surface area contributed by atoms with E-state index in [1.54, 1.807) is 19.4 Å². The molecule has 0 aromatic carbocycles. The Morgan fingerprint density at radius 2 is 1.85 bits per heavy atom. The third-order valence-electron chi connectivity index (χ3n) is 7.10. The summed E-state index contributed by atoms with van der Waals surface area (Å²) in [6.07, 6.45) is 7.38. The van der Waals surface area contributed by atoms with Crippen LogP contribution in [0.25, 0.3) is 0 Å². The molecule has 2 heterocycles. The van der Waals surface area contributed by atoms with Crippen molar-refractivity contribution in [3.05, 3.63) is 18.5 Å². The van der Waals surface area contributed by atoms with Crippen molar-refractivity contribution < 1.29 is 9.53 Å². The summed E-state index contributed by atoms with van der Waals surface area (Å²) >= 11 is 0. The topological polar surface area (TPSA) is 95.0 Å². The average molecular weight is 574 g/mol. The summed E-state index contributed by atoms with van der Waals surface area (Å²) in [5.74, 6) is 1.65. The third kappa shape index (κ3) is 6.46. The minimum Gasteiger partial charge on any atom is -0.378 e. The van der Waals surface area contributed by atoms with Crippen molar-refractivity contribution in [1.29, 1.82) is 0 Å². The zero-order valence-electron chi connectivity index (χ0n) is 20.4. The zero-order chi connectivity index (χ0) is 23.0. The number of nitrogens with one attached hydrogen (secondary N) is 2. The zero-order valence-corrected chi connectivity index (χ0v) is 22.7. The van der Waals surface area contributed by atoms with E-state index in [0.29, 0.717) is 38.2 Å². The molecule has 10 heteroatoms. The molecular weight excluding hydrogens is 533 g/mol. The Morgan fingerprint density at radius 3 is 2.42 bits per heavy atom. The lowest BCUT2D eigenvalue weighted by atomic mass is 9.58. The quantitative estimate of drug-likeness (QED) is 0.266. The molecule has 2 aliphatic rings. The van der Waals surface area contributed by atoms with Gasteiger partial charge in [0.15, 0.2) is 5.96 Å². The highest BCUT2D eigenvalue weighted by molar-refractivity contribution is 14.0. The molecule has 1 aliphatic heterocycles. The first-order valence-electron chi connectivity index (χ1n) is 12.0. The van der Waals surface area contributed by atoms with Gasteiger partial charge in [-0.1, -0.05) is 13.8 Å². The second-order valence-electron chi connectivity index (χ2n) is 8.48. The molecule has 3 rings (SSSR count). The molecule has 1 aromatic heterocycles. The molecule has 1 aromatic rings. The van der Waals surface area contributed by atoms with Crippen LogP contribution < -0.4 is 15.5 Å².